The van der Waals surface area contributed by atoms with E-state index in [4.69, 9.17) is 10.5 Å². The zero-order valence-corrected chi connectivity index (χ0v) is 12.0. The summed E-state index contributed by atoms with van der Waals surface area (Å²) in [7, 11) is 0. The first kappa shape index (κ1) is 14.3. The van der Waals surface area contributed by atoms with Crippen molar-refractivity contribution in [3.8, 4) is 0 Å². The Labute approximate surface area is 112 Å². The molecular weight excluding hydrogens is 224 g/mol. The minimum Gasteiger partial charge on any atom is -0.381 e. The zero-order valence-electron chi connectivity index (χ0n) is 12.0. The second-order valence-corrected chi connectivity index (χ2v) is 6.11. The molecule has 0 spiro atoms. The predicted molar refractivity (Wildman–Crippen MR) is 75.7 cm³/mol. The first-order chi connectivity index (χ1) is 8.80. The molecule has 1 unspecified atom stereocenters. The van der Waals surface area contributed by atoms with Crippen LogP contribution in [0.2, 0.25) is 0 Å². The SMILES string of the molecule is CCCC1CCN(C2(CN)CCCOCC2)CC1. The fourth-order valence-electron chi connectivity index (χ4n) is 3.75. The summed E-state index contributed by atoms with van der Waals surface area (Å²) >= 11 is 0. The van der Waals surface area contributed by atoms with Crippen molar-refractivity contribution >= 4 is 0 Å². The van der Waals surface area contributed by atoms with Crippen molar-refractivity contribution in [2.75, 3.05) is 32.8 Å². The molecule has 2 fully saturated rings. The highest BCUT2D eigenvalue weighted by atomic mass is 16.5. The van der Waals surface area contributed by atoms with Crippen molar-refractivity contribution in [2.45, 2.75) is 57.4 Å². The summed E-state index contributed by atoms with van der Waals surface area (Å²) in [5.41, 5.74) is 6.38. The van der Waals surface area contributed by atoms with E-state index in [2.05, 4.69) is 11.8 Å². The van der Waals surface area contributed by atoms with Crippen LogP contribution in [0.3, 0.4) is 0 Å². The molecule has 0 aromatic rings. The summed E-state index contributed by atoms with van der Waals surface area (Å²) in [6.07, 6.45) is 9.01. The summed E-state index contributed by atoms with van der Waals surface area (Å²) in [5, 5.41) is 0. The molecule has 2 N–H and O–H groups in total. The van der Waals surface area contributed by atoms with Gasteiger partial charge in [0.15, 0.2) is 0 Å². The number of rotatable bonds is 4. The highest BCUT2D eigenvalue weighted by molar-refractivity contribution is 4.94. The van der Waals surface area contributed by atoms with E-state index >= 15 is 0 Å². The quantitative estimate of drug-likeness (QED) is 0.837. The molecule has 0 saturated carbocycles. The van der Waals surface area contributed by atoms with Crippen LogP contribution < -0.4 is 5.73 Å². The molecule has 106 valence electrons. The second kappa shape index (κ2) is 6.88. The standard InChI is InChI=1S/C15H30N2O/c1-2-4-14-5-9-17(10-6-14)15(13-16)7-3-11-18-12-8-15/h14H,2-13,16H2,1H3. The molecule has 3 nitrogen and oxygen atoms in total. The number of nitrogens with zero attached hydrogens (tertiary/aromatic N) is 1. The molecule has 0 aromatic carbocycles. The highest BCUT2D eigenvalue weighted by Gasteiger charge is 2.37. The van der Waals surface area contributed by atoms with Gasteiger partial charge in [-0.05, 0) is 51.1 Å². The largest absolute Gasteiger partial charge is 0.381 e. The molecule has 0 amide bonds. The van der Waals surface area contributed by atoms with E-state index in [-0.39, 0.29) is 5.54 Å². The average molecular weight is 254 g/mol. The van der Waals surface area contributed by atoms with Gasteiger partial charge in [0, 0.05) is 25.3 Å². The lowest BCUT2D eigenvalue weighted by Crippen LogP contribution is -2.56. The Bertz CT molecular complexity index is 229. The van der Waals surface area contributed by atoms with Crippen LogP contribution in [0.4, 0.5) is 0 Å². The van der Waals surface area contributed by atoms with Gasteiger partial charge in [-0.3, -0.25) is 4.90 Å². The summed E-state index contributed by atoms with van der Waals surface area (Å²) in [5.74, 6) is 0.961. The number of likely N-dealkylation sites (tertiary alicyclic amines) is 1. The number of ether oxygens (including phenoxy) is 1. The molecule has 2 heterocycles. The van der Waals surface area contributed by atoms with Gasteiger partial charge >= 0.3 is 0 Å². The lowest BCUT2D eigenvalue weighted by Gasteiger charge is -2.46. The molecule has 0 aromatic heterocycles. The van der Waals surface area contributed by atoms with Gasteiger partial charge in [0.1, 0.15) is 0 Å². The molecule has 2 saturated heterocycles. The van der Waals surface area contributed by atoms with Gasteiger partial charge in [0.2, 0.25) is 0 Å². The van der Waals surface area contributed by atoms with E-state index in [0.717, 1.165) is 32.1 Å². The molecule has 1 atom stereocenters. The Hall–Kier alpha value is -0.120. The third-order valence-corrected chi connectivity index (χ3v) is 5.00. The van der Waals surface area contributed by atoms with E-state index in [0.29, 0.717) is 0 Å². The Morgan fingerprint density at radius 1 is 1.22 bits per heavy atom. The van der Waals surface area contributed by atoms with Crippen LogP contribution >= 0.6 is 0 Å². The van der Waals surface area contributed by atoms with Crippen LogP contribution in [-0.2, 0) is 4.74 Å². The van der Waals surface area contributed by atoms with Crippen molar-refractivity contribution in [3.63, 3.8) is 0 Å². The maximum absolute atomic E-state index is 6.13. The van der Waals surface area contributed by atoms with Crippen molar-refractivity contribution in [3.05, 3.63) is 0 Å². The third kappa shape index (κ3) is 3.25. The second-order valence-electron chi connectivity index (χ2n) is 6.11. The van der Waals surface area contributed by atoms with E-state index in [1.165, 1.54) is 51.6 Å². The fourth-order valence-corrected chi connectivity index (χ4v) is 3.75. The molecule has 3 heteroatoms. The lowest BCUT2D eigenvalue weighted by molar-refractivity contribution is 0.0356. The summed E-state index contributed by atoms with van der Waals surface area (Å²) in [6, 6.07) is 0. The molecule has 18 heavy (non-hydrogen) atoms. The van der Waals surface area contributed by atoms with Gasteiger partial charge in [0.05, 0.1) is 0 Å². The predicted octanol–water partition coefficient (Wildman–Crippen LogP) is 2.40. The van der Waals surface area contributed by atoms with Gasteiger partial charge in [-0.1, -0.05) is 19.8 Å². The zero-order chi connectivity index (χ0) is 12.8. The van der Waals surface area contributed by atoms with Crippen molar-refractivity contribution in [2.24, 2.45) is 11.7 Å². The van der Waals surface area contributed by atoms with Crippen LogP contribution in [-0.4, -0.2) is 43.3 Å². The summed E-state index contributed by atoms with van der Waals surface area (Å²) in [4.78, 5) is 2.69. The molecule has 0 aliphatic carbocycles. The van der Waals surface area contributed by atoms with E-state index < -0.39 is 0 Å². The number of piperidine rings is 1. The van der Waals surface area contributed by atoms with Gasteiger partial charge in [-0.2, -0.15) is 0 Å². The van der Waals surface area contributed by atoms with Gasteiger partial charge in [-0.25, -0.2) is 0 Å². The monoisotopic (exact) mass is 254 g/mol. The molecular formula is C15H30N2O. The number of nitrogens with two attached hydrogens (primary N) is 1. The van der Waals surface area contributed by atoms with Gasteiger partial charge < -0.3 is 10.5 Å². The van der Waals surface area contributed by atoms with E-state index in [1.54, 1.807) is 0 Å². The Morgan fingerprint density at radius 3 is 2.67 bits per heavy atom. The summed E-state index contributed by atoms with van der Waals surface area (Å²) < 4.78 is 5.62. The smallest absolute Gasteiger partial charge is 0.0484 e. The minimum atomic E-state index is 0.244. The normalized spacial score (nSPS) is 32.3. The molecule has 2 rings (SSSR count). The van der Waals surface area contributed by atoms with Gasteiger partial charge in [-0.15, -0.1) is 0 Å². The van der Waals surface area contributed by atoms with Crippen molar-refractivity contribution < 1.29 is 4.74 Å². The van der Waals surface area contributed by atoms with Crippen LogP contribution in [0.1, 0.15) is 51.9 Å². The van der Waals surface area contributed by atoms with Crippen molar-refractivity contribution in [1.82, 2.24) is 4.90 Å². The Kier molecular flexibility index (Phi) is 5.46. The maximum atomic E-state index is 6.13. The fraction of sp³-hybridized carbons (Fsp3) is 1.00. The molecule has 0 radical (unpaired) electrons. The van der Waals surface area contributed by atoms with Gasteiger partial charge in [0.25, 0.3) is 0 Å². The third-order valence-electron chi connectivity index (χ3n) is 5.00. The Balaban J connectivity index is 1.92. The van der Waals surface area contributed by atoms with E-state index in [1.807, 2.05) is 0 Å². The molecule has 0 bridgehead atoms. The molecule has 2 aliphatic rings. The number of hydrogen-bond donors (Lipinski definition) is 1. The number of hydrogen-bond acceptors (Lipinski definition) is 3. The van der Waals surface area contributed by atoms with Crippen LogP contribution in [0.5, 0.6) is 0 Å². The van der Waals surface area contributed by atoms with Crippen molar-refractivity contribution in [1.29, 1.82) is 0 Å². The highest BCUT2D eigenvalue weighted by Crippen LogP contribution is 2.32. The average Bonchev–Trinajstić information content (AvgIpc) is 2.66. The first-order valence-corrected chi connectivity index (χ1v) is 7.83. The van der Waals surface area contributed by atoms with Crippen LogP contribution in [0, 0.1) is 5.92 Å². The Morgan fingerprint density at radius 2 is 2.00 bits per heavy atom. The summed E-state index contributed by atoms with van der Waals surface area (Å²) in [6.45, 7) is 7.43. The lowest BCUT2D eigenvalue weighted by atomic mass is 9.84. The maximum Gasteiger partial charge on any atom is 0.0484 e. The topological polar surface area (TPSA) is 38.5 Å². The van der Waals surface area contributed by atoms with Crippen LogP contribution in [0.25, 0.3) is 0 Å². The van der Waals surface area contributed by atoms with E-state index in [9.17, 15) is 0 Å². The molecule has 2 aliphatic heterocycles. The minimum absolute atomic E-state index is 0.244. The first-order valence-electron chi connectivity index (χ1n) is 7.83. The van der Waals surface area contributed by atoms with Crippen LogP contribution in [0.15, 0.2) is 0 Å².